The number of rotatable bonds is 0. The average Bonchev–Trinajstić information content (AvgIpc) is 1.68. The third-order valence-electron chi connectivity index (χ3n) is 0.369. The zero-order valence-corrected chi connectivity index (χ0v) is 3.97. The topological polar surface area (TPSA) is 66.3 Å². The Morgan fingerprint density at radius 3 is 2.71 bits per heavy atom. The first-order valence-corrected chi connectivity index (χ1v) is 1.76. The van der Waals surface area contributed by atoms with Crippen LogP contribution >= 0.6 is 0 Å². The summed E-state index contributed by atoms with van der Waals surface area (Å²) in [5.41, 5.74) is 0. The molecule has 4 heteroatoms. The lowest BCUT2D eigenvalue weighted by molar-refractivity contribution is -0.364. The van der Waals surface area contributed by atoms with Gasteiger partial charge in [-0.05, 0) is 0 Å². The zero-order chi connectivity index (χ0) is 5.70. The Balaban J connectivity index is 3.37. The van der Waals surface area contributed by atoms with Gasteiger partial charge in [0.1, 0.15) is 6.21 Å². The fourth-order valence-electron chi connectivity index (χ4n) is 0.152. The summed E-state index contributed by atoms with van der Waals surface area (Å²) < 4.78 is 0. The quantitative estimate of drug-likeness (QED) is 0.280. The highest BCUT2D eigenvalue weighted by molar-refractivity contribution is 5.61. The fourth-order valence-corrected chi connectivity index (χ4v) is 0.152. The summed E-state index contributed by atoms with van der Waals surface area (Å²) in [5.74, 6) is 4.43. The van der Waals surface area contributed by atoms with E-state index >= 15 is 0 Å². The Bertz CT molecular complexity index is 88.9. The van der Waals surface area contributed by atoms with Crippen molar-refractivity contribution in [2.24, 2.45) is 5.90 Å². The SMILES string of the molecule is CC=[NH+]C(=O)ON. The Morgan fingerprint density at radius 2 is 2.57 bits per heavy atom. The summed E-state index contributed by atoms with van der Waals surface area (Å²) in [4.78, 5) is 15.8. The minimum absolute atomic E-state index is 0.650. The molecule has 0 heterocycles. The molecule has 1 amide bonds. The summed E-state index contributed by atoms with van der Waals surface area (Å²) in [5, 5.41) is 0. The molecule has 0 aromatic rings. The van der Waals surface area contributed by atoms with Gasteiger partial charge in [-0.25, -0.2) is 0 Å². The first kappa shape index (κ1) is 6.10. The number of hydrogen-bond donors (Lipinski definition) is 2. The Kier molecular flexibility index (Phi) is 2.87. The molecule has 0 aliphatic rings. The van der Waals surface area contributed by atoms with Crippen LogP contribution in [0.5, 0.6) is 0 Å². The Morgan fingerprint density at radius 1 is 2.00 bits per heavy atom. The molecule has 7 heavy (non-hydrogen) atoms. The summed E-state index contributed by atoms with van der Waals surface area (Å²) in [7, 11) is 0. The van der Waals surface area contributed by atoms with Gasteiger partial charge in [-0.15, -0.1) is 4.99 Å². The van der Waals surface area contributed by atoms with Crippen molar-refractivity contribution >= 4 is 12.3 Å². The minimum Gasteiger partial charge on any atom is -0.318 e. The molecule has 0 saturated heterocycles. The maximum absolute atomic E-state index is 9.92. The second-order valence-corrected chi connectivity index (χ2v) is 0.838. The molecule has 0 aromatic heterocycles. The van der Waals surface area contributed by atoms with Gasteiger partial charge in [-0.2, -0.15) is 10.7 Å². The summed E-state index contributed by atoms with van der Waals surface area (Å²) in [6, 6.07) is 0. The maximum atomic E-state index is 9.92. The van der Waals surface area contributed by atoms with Crippen LogP contribution in [0.1, 0.15) is 6.92 Å². The molecule has 0 radical (unpaired) electrons. The lowest BCUT2D eigenvalue weighted by Gasteiger charge is -1.75. The van der Waals surface area contributed by atoms with Gasteiger partial charge in [0.2, 0.25) is 0 Å². The van der Waals surface area contributed by atoms with E-state index in [1.54, 1.807) is 6.92 Å². The van der Waals surface area contributed by atoms with Crippen molar-refractivity contribution in [2.45, 2.75) is 6.92 Å². The van der Waals surface area contributed by atoms with Crippen LogP contribution in [0.2, 0.25) is 0 Å². The first-order valence-electron chi connectivity index (χ1n) is 1.76. The molecule has 0 aliphatic heterocycles. The molecule has 0 atom stereocenters. The molecule has 0 spiro atoms. The van der Waals surface area contributed by atoms with E-state index in [0.717, 1.165) is 0 Å². The minimum atomic E-state index is -0.650. The number of nitrogens with two attached hydrogens (primary N) is 1. The molecule has 0 saturated carbocycles. The number of hydrogen-bond acceptors (Lipinski definition) is 3. The van der Waals surface area contributed by atoms with Gasteiger partial charge in [-0.3, -0.25) is 0 Å². The second kappa shape index (κ2) is 3.30. The van der Waals surface area contributed by atoms with Crippen molar-refractivity contribution in [3.05, 3.63) is 0 Å². The molecule has 4 nitrogen and oxygen atoms in total. The molecule has 0 aliphatic carbocycles. The van der Waals surface area contributed by atoms with Crippen molar-refractivity contribution < 1.29 is 14.6 Å². The van der Waals surface area contributed by atoms with Crippen LogP contribution in [0.25, 0.3) is 0 Å². The fraction of sp³-hybridized carbons (Fsp3) is 0.333. The van der Waals surface area contributed by atoms with Crippen LogP contribution in [0.3, 0.4) is 0 Å². The van der Waals surface area contributed by atoms with E-state index < -0.39 is 6.09 Å². The van der Waals surface area contributed by atoms with Crippen molar-refractivity contribution in [2.75, 3.05) is 0 Å². The van der Waals surface area contributed by atoms with E-state index in [1.165, 1.54) is 6.21 Å². The predicted molar refractivity (Wildman–Crippen MR) is 23.4 cm³/mol. The van der Waals surface area contributed by atoms with Crippen molar-refractivity contribution in [1.29, 1.82) is 0 Å². The van der Waals surface area contributed by atoms with Gasteiger partial charge in [-0.1, -0.05) is 0 Å². The van der Waals surface area contributed by atoms with E-state index in [9.17, 15) is 4.79 Å². The lowest BCUT2D eigenvalue weighted by Crippen LogP contribution is -2.74. The van der Waals surface area contributed by atoms with E-state index in [1.807, 2.05) is 0 Å². The Hall–Kier alpha value is -0.900. The van der Waals surface area contributed by atoms with Gasteiger partial charge in [0.05, 0.1) is 0 Å². The smallest absolute Gasteiger partial charge is 0.318 e. The summed E-state index contributed by atoms with van der Waals surface area (Å²) >= 11 is 0. The average molecular weight is 103 g/mol. The van der Waals surface area contributed by atoms with Crippen LogP contribution in [0.4, 0.5) is 4.79 Å². The largest absolute Gasteiger partial charge is 0.613 e. The molecule has 3 N–H and O–H groups in total. The third-order valence-corrected chi connectivity index (χ3v) is 0.369. The van der Waals surface area contributed by atoms with Crippen molar-refractivity contribution in [3.63, 3.8) is 0 Å². The molecule has 40 valence electrons. The standard InChI is InChI=1S/C3H6N2O2/c1-2-5-3(6)7-4/h2H,4H2,1H3/p+1. The normalized spacial score (nSPS) is 9.43. The molecular formula is C3H7N2O2+. The summed E-state index contributed by atoms with van der Waals surface area (Å²) in [6.07, 6.45) is 0.775. The molecule has 0 bridgehead atoms. The summed E-state index contributed by atoms with van der Waals surface area (Å²) in [6.45, 7) is 1.65. The molecule has 0 unspecified atom stereocenters. The molecule has 0 aromatic carbocycles. The van der Waals surface area contributed by atoms with E-state index in [0.29, 0.717) is 0 Å². The van der Waals surface area contributed by atoms with Gasteiger partial charge in [0.15, 0.2) is 0 Å². The Labute approximate surface area is 40.9 Å². The van der Waals surface area contributed by atoms with Crippen molar-refractivity contribution in [3.8, 4) is 0 Å². The number of amides is 1. The molecular weight excluding hydrogens is 96.0 g/mol. The highest BCUT2D eigenvalue weighted by Crippen LogP contribution is 1.47. The number of carbonyl (C=O) groups excluding carboxylic acids is 1. The van der Waals surface area contributed by atoms with E-state index in [4.69, 9.17) is 0 Å². The van der Waals surface area contributed by atoms with Gasteiger partial charge < -0.3 is 4.84 Å². The van der Waals surface area contributed by atoms with Crippen LogP contribution in [-0.4, -0.2) is 12.3 Å². The highest BCUT2D eigenvalue weighted by atomic mass is 16.7. The van der Waals surface area contributed by atoms with Crippen LogP contribution in [-0.2, 0) is 4.84 Å². The predicted octanol–water partition coefficient (Wildman–Crippen LogP) is -1.83. The molecule has 0 fully saturated rings. The van der Waals surface area contributed by atoms with Crippen LogP contribution in [0.15, 0.2) is 0 Å². The monoisotopic (exact) mass is 103 g/mol. The maximum Gasteiger partial charge on any atom is 0.613 e. The third kappa shape index (κ3) is 2.92. The van der Waals surface area contributed by atoms with Crippen LogP contribution in [0, 0.1) is 0 Å². The number of carbonyl (C=O) groups is 1. The first-order chi connectivity index (χ1) is 3.31. The van der Waals surface area contributed by atoms with E-state index in [-0.39, 0.29) is 0 Å². The van der Waals surface area contributed by atoms with Gasteiger partial charge in [0, 0.05) is 6.92 Å². The van der Waals surface area contributed by atoms with Crippen LogP contribution < -0.4 is 10.9 Å². The lowest BCUT2D eigenvalue weighted by atomic mass is 10.9. The molecule has 0 rings (SSSR count). The number of nitrogens with one attached hydrogen (secondary N) is 1. The van der Waals surface area contributed by atoms with Crippen molar-refractivity contribution in [1.82, 2.24) is 0 Å². The second-order valence-electron chi connectivity index (χ2n) is 0.838. The zero-order valence-electron chi connectivity index (χ0n) is 3.97. The van der Waals surface area contributed by atoms with Gasteiger partial charge >= 0.3 is 6.09 Å². The van der Waals surface area contributed by atoms with E-state index in [2.05, 4.69) is 15.7 Å². The highest BCUT2D eigenvalue weighted by Gasteiger charge is 1.97. The van der Waals surface area contributed by atoms with Gasteiger partial charge in [0.25, 0.3) is 0 Å².